The van der Waals surface area contributed by atoms with Crippen LogP contribution in [0.2, 0.25) is 10.0 Å². The van der Waals surface area contributed by atoms with E-state index in [4.69, 9.17) is 27.9 Å². The van der Waals surface area contributed by atoms with E-state index < -0.39 is 5.41 Å². The molecule has 1 N–H and O–H groups in total. The maximum atomic E-state index is 12.5. The SMILES string of the molecule is C[C@@H](NC(=O)COC(=O)C1(c2ccc(Cl)cc2)CC1)c1cccc(Cl)c1. The summed E-state index contributed by atoms with van der Waals surface area (Å²) in [5, 5.41) is 4.03. The van der Waals surface area contributed by atoms with Crippen LogP contribution in [0.4, 0.5) is 0 Å². The van der Waals surface area contributed by atoms with Crippen molar-refractivity contribution in [3.63, 3.8) is 0 Å². The van der Waals surface area contributed by atoms with Crippen molar-refractivity contribution in [2.45, 2.75) is 31.2 Å². The Labute approximate surface area is 162 Å². The monoisotopic (exact) mass is 391 g/mol. The molecule has 0 unspecified atom stereocenters. The number of ether oxygens (including phenoxy) is 1. The summed E-state index contributed by atoms with van der Waals surface area (Å²) in [7, 11) is 0. The van der Waals surface area contributed by atoms with Gasteiger partial charge in [0.1, 0.15) is 0 Å². The van der Waals surface area contributed by atoms with Gasteiger partial charge in [0.15, 0.2) is 6.61 Å². The molecule has 1 aliphatic carbocycles. The summed E-state index contributed by atoms with van der Waals surface area (Å²) >= 11 is 11.9. The van der Waals surface area contributed by atoms with Gasteiger partial charge >= 0.3 is 5.97 Å². The molecule has 1 fully saturated rings. The minimum atomic E-state index is -0.635. The fraction of sp³-hybridized carbons (Fsp3) is 0.300. The Balaban J connectivity index is 1.54. The highest BCUT2D eigenvalue weighted by Crippen LogP contribution is 2.49. The number of halogens is 2. The van der Waals surface area contributed by atoms with Crippen LogP contribution >= 0.6 is 23.2 Å². The highest BCUT2D eigenvalue weighted by atomic mass is 35.5. The molecule has 0 bridgehead atoms. The number of hydrogen-bond donors (Lipinski definition) is 1. The van der Waals surface area contributed by atoms with E-state index in [1.54, 1.807) is 24.3 Å². The van der Waals surface area contributed by atoms with E-state index >= 15 is 0 Å². The molecule has 2 aromatic carbocycles. The van der Waals surface area contributed by atoms with Crippen LogP contribution < -0.4 is 5.32 Å². The fourth-order valence-corrected chi connectivity index (χ4v) is 3.24. The van der Waals surface area contributed by atoms with Crippen LogP contribution in [0.5, 0.6) is 0 Å². The van der Waals surface area contributed by atoms with E-state index in [0.717, 1.165) is 11.1 Å². The number of esters is 1. The van der Waals surface area contributed by atoms with Crippen molar-refractivity contribution >= 4 is 35.1 Å². The summed E-state index contributed by atoms with van der Waals surface area (Å²) in [5.74, 6) is -0.719. The van der Waals surface area contributed by atoms with Crippen molar-refractivity contribution in [2.24, 2.45) is 0 Å². The smallest absolute Gasteiger partial charge is 0.317 e. The molecule has 0 radical (unpaired) electrons. The lowest BCUT2D eigenvalue weighted by Crippen LogP contribution is -2.33. The van der Waals surface area contributed by atoms with Gasteiger partial charge < -0.3 is 10.1 Å². The van der Waals surface area contributed by atoms with Crippen molar-refractivity contribution in [1.29, 1.82) is 0 Å². The van der Waals surface area contributed by atoms with Crippen LogP contribution in [-0.4, -0.2) is 18.5 Å². The lowest BCUT2D eigenvalue weighted by molar-refractivity contribution is -0.151. The second-order valence-corrected chi connectivity index (χ2v) is 7.38. The van der Waals surface area contributed by atoms with Gasteiger partial charge in [0.2, 0.25) is 0 Å². The van der Waals surface area contributed by atoms with Crippen LogP contribution in [0.15, 0.2) is 48.5 Å². The lowest BCUT2D eigenvalue weighted by atomic mass is 9.96. The van der Waals surface area contributed by atoms with Crippen molar-refractivity contribution in [1.82, 2.24) is 5.32 Å². The molecule has 3 rings (SSSR count). The zero-order chi connectivity index (χ0) is 18.7. The number of carbonyl (C=O) groups excluding carboxylic acids is 2. The first-order valence-electron chi connectivity index (χ1n) is 8.39. The summed E-state index contributed by atoms with van der Waals surface area (Å²) in [6.07, 6.45) is 1.43. The van der Waals surface area contributed by atoms with Gasteiger partial charge in [-0.2, -0.15) is 0 Å². The third kappa shape index (κ3) is 4.19. The second-order valence-electron chi connectivity index (χ2n) is 6.51. The standard InChI is InChI=1S/C20H19Cl2NO3/c1-13(14-3-2-4-17(22)11-14)23-18(24)12-26-19(25)20(9-10-20)15-5-7-16(21)8-6-15/h2-8,11,13H,9-10,12H2,1H3,(H,23,24)/t13-/m1/s1. The summed E-state index contributed by atoms with van der Waals surface area (Å²) < 4.78 is 5.27. The van der Waals surface area contributed by atoms with Crippen LogP contribution in [0.25, 0.3) is 0 Å². The molecule has 2 aromatic rings. The van der Waals surface area contributed by atoms with E-state index in [-0.39, 0.29) is 24.5 Å². The maximum absolute atomic E-state index is 12.5. The number of benzene rings is 2. The van der Waals surface area contributed by atoms with E-state index in [1.807, 2.05) is 31.2 Å². The van der Waals surface area contributed by atoms with Gasteiger partial charge in [-0.3, -0.25) is 9.59 Å². The number of nitrogens with one attached hydrogen (secondary N) is 1. The summed E-state index contributed by atoms with van der Waals surface area (Å²) in [6, 6.07) is 14.2. The molecule has 0 spiro atoms. The molecule has 0 aromatic heterocycles. The molecule has 1 saturated carbocycles. The lowest BCUT2D eigenvalue weighted by Gasteiger charge is -2.17. The average Bonchev–Trinajstić information content (AvgIpc) is 3.42. The Morgan fingerprint density at radius 1 is 1.12 bits per heavy atom. The van der Waals surface area contributed by atoms with E-state index in [1.165, 1.54) is 0 Å². The van der Waals surface area contributed by atoms with Gasteiger partial charge in [-0.1, -0.05) is 47.5 Å². The van der Waals surface area contributed by atoms with Crippen LogP contribution in [0.3, 0.4) is 0 Å². The zero-order valence-corrected chi connectivity index (χ0v) is 15.8. The molecule has 6 heteroatoms. The minimum Gasteiger partial charge on any atom is -0.455 e. The molecule has 0 aliphatic heterocycles. The number of rotatable bonds is 6. The van der Waals surface area contributed by atoms with Gasteiger partial charge in [0, 0.05) is 10.0 Å². The third-order valence-electron chi connectivity index (χ3n) is 4.60. The Hall–Kier alpha value is -2.04. The van der Waals surface area contributed by atoms with E-state index in [0.29, 0.717) is 22.9 Å². The quantitative estimate of drug-likeness (QED) is 0.740. The third-order valence-corrected chi connectivity index (χ3v) is 5.09. The molecule has 1 amide bonds. The van der Waals surface area contributed by atoms with Crippen LogP contribution in [-0.2, 0) is 19.7 Å². The molecular weight excluding hydrogens is 373 g/mol. The largest absolute Gasteiger partial charge is 0.455 e. The summed E-state index contributed by atoms with van der Waals surface area (Å²) in [6.45, 7) is 1.54. The van der Waals surface area contributed by atoms with Gasteiger partial charge in [-0.05, 0) is 55.2 Å². The van der Waals surface area contributed by atoms with Crippen molar-refractivity contribution in [3.05, 3.63) is 69.7 Å². The molecule has 4 nitrogen and oxygen atoms in total. The Bertz CT molecular complexity index is 816. The Kier molecular flexibility index (Phi) is 5.54. The predicted molar refractivity (Wildman–Crippen MR) is 101 cm³/mol. The first-order valence-corrected chi connectivity index (χ1v) is 9.14. The van der Waals surface area contributed by atoms with E-state index in [2.05, 4.69) is 5.32 Å². The summed E-state index contributed by atoms with van der Waals surface area (Å²) in [4.78, 5) is 24.6. The molecule has 136 valence electrons. The number of amides is 1. The number of carbonyl (C=O) groups is 2. The van der Waals surface area contributed by atoms with Crippen LogP contribution in [0, 0.1) is 0 Å². The van der Waals surface area contributed by atoms with Crippen molar-refractivity contribution in [3.8, 4) is 0 Å². The van der Waals surface area contributed by atoms with Gasteiger partial charge in [-0.25, -0.2) is 0 Å². The highest BCUT2D eigenvalue weighted by Gasteiger charge is 2.52. The maximum Gasteiger partial charge on any atom is 0.317 e. The molecule has 0 heterocycles. The van der Waals surface area contributed by atoms with Gasteiger partial charge in [0.25, 0.3) is 5.91 Å². The zero-order valence-electron chi connectivity index (χ0n) is 14.3. The molecular formula is C20H19Cl2NO3. The predicted octanol–water partition coefficient (Wildman–Crippen LogP) is 4.45. The minimum absolute atomic E-state index is 0.231. The summed E-state index contributed by atoms with van der Waals surface area (Å²) in [5.41, 5.74) is 1.13. The Morgan fingerprint density at radius 2 is 1.81 bits per heavy atom. The van der Waals surface area contributed by atoms with Crippen molar-refractivity contribution < 1.29 is 14.3 Å². The molecule has 1 atom stereocenters. The number of hydrogen-bond acceptors (Lipinski definition) is 3. The van der Waals surface area contributed by atoms with Gasteiger partial charge in [-0.15, -0.1) is 0 Å². The normalized spacial score (nSPS) is 15.8. The second kappa shape index (κ2) is 7.68. The van der Waals surface area contributed by atoms with Gasteiger partial charge in [0.05, 0.1) is 11.5 Å². The average molecular weight is 392 g/mol. The Morgan fingerprint density at radius 3 is 2.42 bits per heavy atom. The van der Waals surface area contributed by atoms with E-state index in [9.17, 15) is 9.59 Å². The van der Waals surface area contributed by atoms with Crippen LogP contribution in [0.1, 0.15) is 36.9 Å². The topological polar surface area (TPSA) is 55.4 Å². The first kappa shape index (κ1) is 18.7. The molecule has 1 aliphatic rings. The molecule has 26 heavy (non-hydrogen) atoms. The molecule has 0 saturated heterocycles. The van der Waals surface area contributed by atoms with Crippen molar-refractivity contribution in [2.75, 3.05) is 6.61 Å². The fourth-order valence-electron chi connectivity index (χ4n) is 2.92. The first-order chi connectivity index (χ1) is 12.4. The highest BCUT2D eigenvalue weighted by molar-refractivity contribution is 6.30.